The molecule has 31 heavy (non-hydrogen) atoms. The Labute approximate surface area is 182 Å². The Morgan fingerprint density at radius 2 is 1.90 bits per heavy atom. The molecule has 0 saturated carbocycles. The minimum atomic E-state index is -0.246. The molecular weight excluding hydrogens is 388 g/mol. The van der Waals surface area contributed by atoms with Gasteiger partial charge in [0.15, 0.2) is 0 Å². The van der Waals surface area contributed by atoms with E-state index in [1.807, 2.05) is 61.5 Å². The van der Waals surface area contributed by atoms with Crippen molar-refractivity contribution in [2.75, 3.05) is 23.3 Å². The second kappa shape index (κ2) is 9.00. The van der Waals surface area contributed by atoms with Gasteiger partial charge in [0, 0.05) is 48.0 Å². The van der Waals surface area contributed by atoms with Gasteiger partial charge in [0.1, 0.15) is 0 Å². The van der Waals surface area contributed by atoms with Crippen LogP contribution in [-0.4, -0.2) is 29.9 Å². The number of hydrogen-bond acceptors (Lipinski definition) is 4. The van der Waals surface area contributed by atoms with E-state index in [1.165, 1.54) is 0 Å². The molecule has 1 aromatic heterocycles. The number of amides is 2. The lowest BCUT2D eigenvalue weighted by Gasteiger charge is -2.33. The van der Waals surface area contributed by atoms with E-state index < -0.39 is 0 Å². The van der Waals surface area contributed by atoms with Gasteiger partial charge < -0.3 is 16.0 Å². The van der Waals surface area contributed by atoms with Crippen LogP contribution in [0.15, 0.2) is 67.0 Å². The van der Waals surface area contributed by atoms with Gasteiger partial charge in [-0.2, -0.15) is 0 Å². The molecule has 158 valence electrons. The molecule has 0 bridgehead atoms. The molecule has 0 spiro atoms. The number of pyridine rings is 1. The molecule has 1 unspecified atom stereocenters. The maximum absolute atomic E-state index is 12.8. The van der Waals surface area contributed by atoms with E-state index in [1.54, 1.807) is 12.4 Å². The average molecular weight is 415 g/mol. The van der Waals surface area contributed by atoms with Crippen LogP contribution in [0.3, 0.4) is 0 Å². The number of nitrogens with zero attached hydrogens (tertiary/aromatic N) is 2. The number of hydrogen-bond donors (Lipinski definition) is 2. The standard InChI is InChI=1S/C25H26N4O2/c1-17-6-7-19(20-4-2-12-27-15-20)14-23(17)28-25(31)18-8-10-22(11-9-18)29-13-3-5-21(16-29)24(26)30/h2,4,6-12,14-15,21H,3,5,13,16H2,1H3,(H2,26,30)(H,28,31). The molecule has 1 atom stereocenters. The van der Waals surface area contributed by atoms with Crippen molar-refractivity contribution in [1.82, 2.24) is 4.98 Å². The molecule has 4 rings (SSSR count). The SMILES string of the molecule is Cc1ccc(-c2cccnc2)cc1NC(=O)c1ccc(N2CCCC(C(N)=O)C2)cc1. The van der Waals surface area contributed by atoms with Crippen molar-refractivity contribution in [1.29, 1.82) is 0 Å². The summed E-state index contributed by atoms with van der Waals surface area (Å²) in [6.45, 7) is 3.48. The molecule has 2 aromatic carbocycles. The summed E-state index contributed by atoms with van der Waals surface area (Å²) < 4.78 is 0. The number of nitrogens with two attached hydrogens (primary N) is 1. The normalized spacial score (nSPS) is 16.0. The molecule has 0 radical (unpaired) electrons. The van der Waals surface area contributed by atoms with E-state index in [0.717, 1.165) is 47.5 Å². The minimum Gasteiger partial charge on any atom is -0.371 e. The second-order valence-corrected chi connectivity index (χ2v) is 7.96. The molecule has 1 aliphatic heterocycles. The summed E-state index contributed by atoms with van der Waals surface area (Å²) >= 11 is 0. The van der Waals surface area contributed by atoms with Crippen molar-refractivity contribution < 1.29 is 9.59 Å². The lowest BCUT2D eigenvalue weighted by Crippen LogP contribution is -2.41. The van der Waals surface area contributed by atoms with Gasteiger partial charge in [-0.25, -0.2) is 0 Å². The van der Waals surface area contributed by atoms with Crippen LogP contribution in [0.5, 0.6) is 0 Å². The Morgan fingerprint density at radius 1 is 1.10 bits per heavy atom. The maximum atomic E-state index is 12.8. The summed E-state index contributed by atoms with van der Waals surface area (Å²) in [6, 6.07) is 17.4. The van der Waals surface area contributed by atoms with Crippen molar-refractivity contribution in [3.63, 3.8) is 0 Å². The molecule has 3 aromatic rings. The monoisotopic (exact) mass is 414 g/mol. The zero-order chi connectivity index (χ0) is 21.8. The van der Waals surface area contributed by atoms with Gasteiger partial charge in [-0.15, -0.1) is 0 Å². The van der Waals surface area contributed by atoms with Gasteiger partial charge in [0.05, 0.1) is 5.92 Å². The predicted molar refractivity (Wildman–Crippen MR) is 123 cm³/mol. The fourth-order valence-electron chi connectivity index (χ4n) is 3.93. The highest BCUT2D eigenvalue weighted by Crippen LogP contribution is 2.26. The first-order valence-corrected chi connectivity index (χ1v) is 10.5. The number of aryl methyl sites for hydroxylation is 1. The van der Waals surface area contributed by atoms with E-state index in [9.17, 15) is 9.59 Å². The van der Waals surface area contributed by atoms with Crippen LogP contribution in [0.1, 0.15) is 28.8 Å². The van der Waals surface area contributed by atoms with Gasteiger partial charge in [-0.05, 0) is 67.3 Å². The Kier molecular flexibility index (Phi) is 5.98. The Hall–Kier alpha value is -3.67. The summed E-state index contributed by atoms with van der Waals surface area (Å²) in [5.74, 6) is -0.525. The molecule has 0 aliphatic carbocycles. The maximum Gasteiger partial charge on any atom is 0.255 e. The highest BCUT2D eigenvalue weighted by atomic mass is 16.2. The zero-order valence-corrected chi connectivity index (χ0v) is 17.5. The van der Waals surface area contributed by atoms with Gasteiger partial charge >= 0.3 is 0 Å². The lowest BCUT2D eigenvalue weighted by molar-refractivity contribution is -0.122. The largest absolute Gasteiger partial charge is 0.371 e. The van der Waals surface area contributed by atoms with Crippen LogP contribution in [0.25, 0.3) is 11.1 Å². The third kappa shape index (κ3) is 4.74. The smallest absolute Gasteiger partial charge is 0.255 e. The topological polar surface area (TPSA) is 88.3 Å². The van der Waals surface area contributed by atoms with Crippen LogP contribution >= 0.6 is 0 Å². The summed E-state index contributed by atoms with van der Waals surface area (Å²) in [5, 5.41) is 3.02. The summed E-state index contributed by atoms with van der Waals surface area (Å²) in [6.07, 6.45) is 5.31. The fourth-order valence-corrected chi connectivity index (χ4v) is 3.93. The first kappa shape index (κ1) is 20.6. The Balaban J connectivity index is 1.47. The molecule has 1 aliphatic rings. The third-order valence-corrected chi connectivity index (χ3v) is 5.80. The quantitative estimate of drug-likeness (QED) is 0.660. The number of benzene rings is 2. The molecule has 1 saturated heterocycles. The first-order chi connectivity index (χ1) is 15.0. The van der Waals surface area contributed by atoms with E-state index in [0.29, 0.717) is 12.1 Å². The van der Waals surface area contributed by atoms with E-state index in [2.05, 4.69) is 15.2 Å². The number of primary amides is 1. The summed E-state index contributed by atoms with van der Waals surface area (Å²) in [7, 11) is 0. The number of anilines is 2. The summed E-state index contributed by atoms with van der Waals surface area (Å²) in [4.78, 5) is 30.7. The van der Waals surface area contributed by atoms with Crippen molar-refractivity contribution in [2.45, 2.75) is 19.8 Å². The molecular formula is C25H26N4O2. The summed E-state index contributed by atoms with van der Waals surface area (Å²) in [5.41, 5.74) is 10.8. The van der Waals surface area contributed by atoms with Crippen LogP contribution in [0.2, 0.25) is 0 Å². The van der Waals surface area contributed by atoms with Crippen molar-refractivity contribution >= 4 is 23.2 Å². The number of nitrogens with one attached hydrogen (secondary N) is 1. The zero-order valence-electron chi connectivity index (χ0n) is 17.5. The van der Waals surface area contributed by atoms with Crippen LogP contribution in [-0.2, 0) is 4.79 Å². The number of carbonyl (C=O) groups excluding carboxylic acids is 2. The molecule has 2 heterocycles. The Bertz CT molecular complexity index is 1080. The van der Waals surface area contributed by atoms with Gasteiger partial charge in [-0.3, -0.25) is 14.6 Å². The molecule has 2 amide bonds. The number of rotatable bonds is 5. The minimum absolute atomic E-state index is 0.119. The van der Waals surface area contributed by atoms with Crippen molar-refractivity contribution in [3.05, 3.63) is 78.1 Å². The van der Waals surface area contributed by atoms with Crippen molar-refractivity contribution in [2.24, 2.45) is 11.7 Å². The van der Waals surface area contributed by atoms with Gasteiger partial charge in [0.2, 0.25) is 5.91 Å². The average Bonchev–Trinajstić information content (AvgIpc) is 2.81. The van der Waals surface area contributed by atoms with Gasteiger partial charge in [-0.1, -0.05) is 18.2 Å². The van der Waals surface area contributed by atoms with Crippen LogP contribution in [0, 0.1) is 12.8 Å². The highest BCUT2D eigenvalue weighted by Gasteiger charge is 2.24. The second-order valence-electron chi connectivity index (χ2n) is 7.96. The van der Waals surface area contributed by atoms with E-state index >= 15 is 0 Å². The van der Waals surface area contributed by atoms with E-state index in [-0.39, 0.29) is 17.7 Å². The number of piperidine rings is 1. The molecule has 1 fully saturated rings. The third-order valence-electron chi connectivity index (χ3n) is 5.80. The van der Waals surface area contributed by atoms with Crippen LogP contribution < -0.4 is 16.0 Å². The predicted octanol–water partition coefficient (Wildman–Crippen LogP) is 4.01. The van der Waals surface area contributed by atoms with Crippen LogP contribution in [0.4, 0.5) is 11.4 Å². The van der Waals surface area contributed by atoms with Gasteiger partial charge in [0.25, 0.3) is 5.91 Å². The molecule has 3 N–H and O–H groups in total. The first-order valence-electron chi connectivity index (χ1n) is 10.5. The number of aromatic nitrogens is 1. The van der Waals surface area contributed by atoms with Crippen molar-refractivity contribution in [3.8, 4) is 11.1 Å². The molecule has 6 nitrogen and oxygen atoms in total. The fraction of sp³-hybridized carbons (Fsp3) is 0.240. The lowest BCUT2D eigenvalue weighted by atomic mass is 9.97. The molecule has 6 heteroatoms. The highest BCUT2D eigenvalue weighted by molar-refractivity contribution is 6.05. The Morgan fingerprint density at radius 3 is 2.61 bits per heavy atom. The number of carbonyl (C=O) groups is 2. The van der Waals surface area contributed by atoms with E-state index in [4.69, 9.17) is 5.73 Å².